The molecule has 0 amide bonds. The smallest absolute Gasteiger partial charge is 0.314 e. The van der Waals surface area contributed by atoms with E-state index in [2.05, 4.69) is 30.9 Å². The maximum absolute atomic E-state index is 11.7. The third-order valence-corrected chi connectivity index (χ3v) is 4.23. The Kier molecular flexibility index (Phi) is 3.29. The highest BCUT2D eigenvalue weighted by atomic mass is 79.9. The number of non-ortho nitro benzene ring substituents is 1. The number of hydrogen-bond donors (Lipinski definition) is 2. The van der Waals surface area contributed by atoms with E-state index in [4.69, 9.17) is 0 Å². The molecule has 10 heteroatoms. The molecule has 2 aromatic carbocycles. The Morgan fingerprint density at radius 1 is 1.12 bits per heavy atom. The van der Waals surface area contributed by atoms with Gasteiger partial charge in [0.25, 0.3) is 5.69 Å². The van der Waals surface area contributed by atoms with Crippen molar-refractivity contribution in [1.82, 2.24) is 19.5 Å². The van der Waals surface area contributed by atoms with E-state index in [1.807, 2.05) is 0 Å². The van der Waals surface area contributed by atoms with Crippen molar-refractivity contribution in [2.75, 3.05) is 0 Å². The molecular weight excluding hydrogens is 394 g/mol. The Bertz CT molecular complexity index is 1290. The molecule has 4 rings (SSSR count). The first kappa shape index (κ1) is 15.3. The van der Waals surface area contributed by atoms with Crippen LogP contribution in [0.5, 0.6) is 0 Å². The third-order valence-electron chi connectivity index (χ3n) is 3.78. The van der Waals surface area contributed by atoms with Gasteiger partial charge in [-0.25, -0.2) is 4.98 Å². The largest absolute Gasteiger partial charge is 0.316 e. The van der Waals surface area contributed by atoms with Crippen molar-refractivity contribution in [2.45, 2.75) is 0 Å². The molecule has 2 aromatic heterocycles. The van der Waals surface area contributed by atoms with Crippen LogP contribution in [0.2, 0.25) is 0 Å². The molecule has 0 radical (unpaired) electrons. The van der Waals surface area contributed by atoms with Gasteiger partial charge in [-0.05, 0) is 18.2 Å². The van der Waals surface area contributed by atoms with Gasteiger partial charge in [-0.3, -0.25) is 24.3 Å². The van der Waals surface area contributed by atoms with Crippen LogP contribution in [0, 0.1) is 10.1 Å². The van der Waals surface area contributed by atoms with Gasteiger partial charge >= 0.3 is 11.1 Å². The average molecular weight is 402 g/mol. The van der Waals surface area contributed by atoms with E-state index in [0.717, 1.165) is 0 Å². The van der Waals surface area contributed by atoms with Gasteiger partial charge in [0.05, 0.1) is 32.7 Å². The lowest BCUT2D eigenvalue weighted by Gasteiger charge is -2.09. The molecule has 0 aliphatic carbocycles. The molecule has 4 aromatic rings. The van der Waals surface area contributed by atoms with Gasteiger partial charge in [-0.1, -0.05) is 15.9 Å². The summed E-state index contributed by atoms with van der Waals surface area (Å²) < 4.78 is 2.36. The summed E-state index contributed by atoms with van der Waals surface area (Å²) >= 11 is 3.37. The zero-order chi connectivity index (χ0) is 17.7. The number of nitrogens with zero attached hydrogens (tertiary/aromatic N) is 3. The van der Waals surface area contributed by atoms with Crippen molar-refractivity contribution < 1.29 is 4.92 Å². The number of aromatic amines is 2. The number of fused-ring (bicyclic) bond motifs is 2. The van der Waals surface area contributed by atoms with E-state index < -0.39 is 16.0 Å². The minimum absolute atomic E-state index is 0.0606. The molecule has 0 spiro atoms. The van der Waals surface area contributed by atoms with Crippen LogP contribution in [0.1, 0.15) is 0 Å². The molecule has 0 atom stereocenters. The van der Waals surface area contributed by atoms with E-state index in [9.17, 15) is 19.7 Å². The number of nitro groups is 1. The quantitative estimate of drug-likeness (QED) is 0.302. The maximum atomic E-state index is 11.7. The highest BCUT2D eigenvalue weighted by molar-refractivity contribution is 9.10. The fraction of sp³-hybridized carbons (Fsp3) is 0. The van der Waals surface area contributed by atoms with Gasteiger partial charge in [-0.15, -0.1) is 0 Å². The van der Waals surface area contributed by atoms with Gasteiger partial charge in [0, 0.05) is 16.6 Å². The van der Waals surface area contributed by atoms with Gasteiger partial charge in [-0.2, -0.15) is 0 Å². The summed E-state index contributed by atoms with van der Waals surface area (Å²) in [5.74, 6) is 0. The molecular formula is C15H8BrN5O4. The molecule has 2 heterocycles. The fourth-order valence-corrected chi connectivity index (χ4v) is 3.11. The summed E-state index contributed by atoms with van der Waals surface area (Å²) in [6.07, 6.45) is 1.50. The molecule has 0 fully saturated rings. The van der Waals surface area contributed by atoms with Crippen LogP contribution >= 0.6 is 15.9 Å². The standard InChI is InChI=1S/C15H8BrN5O4/c16-7-3-10-13(19-15(23)14(22)18-10)12(4-7)20-6-17-9-5-8(21(24)25)1-2-11(9)20/h1-6H,(H,18,22)(H,19,23). The van der Waals surface area contributed by atoms with Crippen molar-refractivity contribution in [3.63, 3.8) is 0 Å². The van der Waals surface area contributed by atoms with Crippen LogP contribution in [-0.2, 0) is 0 Å². The summed E-state index contributed by atoms with van der Waals surface area (Å²) in [7, 11) is 0. The van der Waals surface area contributed by atoms with E-state index in [-0.39, 0.29) is 5.69 Å². The lowest BCUT2D eigenvalue weighted by Crippen LogP contribution is -2.29. The predicted octanol–water partition coefficient (Wildman–Crippen LogP) is 2.23. The van der Waals surface area contributed by atoms with E-state index in [1.165, 1.54) is 18.5 Å². The minimum atomic E-state index is -0.767. The molecule has 0 saturated carbocycles. The predicted molar refractivity (Wildman–Crippen MR) is 94.2 cm³/mol. The summed E-state index contributed by atoms with van der Waals surface area (Å²) in [5.41, 5.74) is 0.914. The number of hydrogen-bond acceptors (Lipinski definition) is 5. The monoisotopic (exact) mass is 401 g/mol. The number of nitro benzene ring substituents is 1. The van der Waals surface area contributed by atoms with Crippen LogP contribution in [0.3, 0.4) is 0 Å². The Labute approximate surface area is 146 Å². The van der Waals surface area contributed by atoms with Gasteiger partial charge in [0.15, 0.2) is 0 Å². The molecule has 2 N–H and O–H groups in total. The second-order valence-corrected chi connectivity index (χ2v) is 6.22. The highest BCUT2D eigenvalue weighted by Crippen LogP contribution is 2.28. The highest BCUT2D eigenvalue weighted by Gasteiger charge is 2.14. The Morgan fingerprint density at radius 3 is 2.64 bits per heavy atom. The van der Waals surface area contributed by atoms with Gasteiger partial charge in [0.2, 0.25) is 0 Å². The third kappa shape index (κ3) is 2.43. The van der Waals surface area contributed by atoms with Crippen LogP contribution < -0.4 is 11.1 Å². The second kappa shape index (κ2) is 5.38. The second-order valence-electron chi connectivity index (χ2n) is 5.30. The van der Waals surface area contributed by atoms with Crippen molar-refractivity contribution in [3.05, 3.63) is 72.0 Å². The van der Waals surface area contributed by atoms with E-state index in [1.54, 1.807) is 22.8 Å². The molecule has 0 aliphatic rings. The Hall–Kier alpha value is -3.27. The first-order valence-electron chi connectivity index (χ1n) is 7.02. The molecule has 0 unspecified atom stereocenters. The van der Waals surface area contributed by atoms with E-state index >= 15 is 0 Å². The van der Waals surface area contributed by atoms with Gasteiger partial charge < -0.3 is 9.97 Å². The Morgan fingerprint density at radius 2 is 1.88 bits per heavy atom. The molecule has 9 nitrogen and oxygen atoms in total. The minimum Gasteiger partial charge on any atom is -0.316 e. The van der Waals surface area contributed by atoms with Crippen molar-refractivity contribution in [2.24, 2.45) is 0 Å². The molecule has 0 bridgehead atoms. The van der Waals surface area contributed by atoms with E-state index in [0.29, 0.717) is 32.2 Å². The number of nitrogens with one attached hydrogen (secondary N) is 2. The zero-order valence-electron chi connectivity index (χ0n) is 12.3. The molecule has 0 aliphatic heterocycles. The summed E-state index contributed by atoms with van der Waals surface area (Å²) in [6.45, 7) is 0. The Balaban J connectivity index is 2.06. The lowest BCUT2D eigenvalue weighted by molar-refractivity contribution is -0.384. The molecule has 124 valence electrons. The number of rotatable bonds is 2. The van der Waals surface area contributed by atoms with Crippen molar-refractivity contribution in [3.8, 4) is 5.69 Å². The summed E-state index contributed by atoms with van der Waals surface area (Å²) in [4.78, 5) is 43.0. The molecule has 0 saturated heterocycles. The maximum Gasteiger partial charge on any atom is 0.314 e. The first-order chi connectivity index (χ1) is 11.9. The topological polar surface area (TPSA) is 127 Å². The zero-order valence-corrected chi connectivity index (χ0v) is 13.9. The summed E-state index contributed by atoms with van der Waals surface area (Å²) in [6, 6.07) is 7.75. The number of halogens is 1. The van der Waals surface area contributed by atoms with Crippen LogP contribution in [-0.4, -0.2) is 24.4 Å². The van der Waals surface area contributed by atoms with Crippen LogP contribution in [0.15, 0.2) is 50.7 Å². The normalized spacial score (nSPS) is 11.2. The number of benzene rings is 2. The first-order valence-corrected chi connectivity index (χ1v) is 7.81. The molecule has 25 heavy (non-hydrogen) atoms. The lowest BCUT2D eigenvalue weighted by atomic mass is 10.2. The number of H-pyrrole nitrogens is 2. The fourth-order valence-electron chi connectivity index (χ4n) is 2.67. The summed E-state index contributed by atoms with van der Waals surface area (Å²) in [5, 5.41) is 10.9. The average Bonchev–Trinajstić information content (AvgIpc) is 2.98. The number of aromatic nitrogens is 4. The SMILES string of the molecule is O=c1[nH]c2cc(Br)cc(-n3cnc4cc([N+](=O)[O-])ccc43)c2[nH]c1=O. The van der Waals surface area contributed by atoms with Crippen LogP contribution in [0.25, 0.3) is 27.8 Å². The van der Waals surface area contributed by atoms with Gasteiger partial charge in [0.1, 0.15) is 6.33 Å². The van der Waals surface area contributed by atoms with Crippen molar-refractivity contribution in [1.29, 1.82) is 0 Å². The number of imidazole rings is 1. The van der Waals surface area contributed by atoms with Crippen LogP contribution in [0.4, 0.5) is 5.69 Å². The van der Waals surface area contributed by atoms with Crippen molar-refractivity contribution >= 4 is 43.7 Å².